The summed E-state index contributed by atoms with van der Waals surface area (Å²) in [6.07, 6.45) is 3.68. The highest BCUT2D eigenvalue weighted by Crippen LogP contribution is 2.23. The molecule has 5 rings (SSSR count). The molecule has 1 amide bonds. The standard InChI is InChI=1S/C24H30N6O/c1-18-5-6-20-21(16-18)27-22(26-20)17-28-10-7-19(8-11-28)24(31)30-14-12-29(13-15-30)23-4-2-3-9-25-23/h2-6,9,16,19H,7-8,10-15,17H2,1H3,(H,26,27). The summed E-state index contributed by atoms with van der Waals surface area (Å²) < 4.78 is 0. The number of aromatic amines is 1. The summed E-state index contributed by atoms with van der Waals surface area (Å²) in [6, 6.07) is 12.3. The first-order valence-electron chi connectivity index (χ1n) is 11.3. The molecule has 162 valence electrons. The maximum absolute atomic E-state index is 13.1. The van der Waals surface area contributed by atoms with Crippen molar-refractivity contribution in [1.82, 2.24) is 24.8 Å². The SMILES string of the molecule is Cc1ccc2nc(CN3CCC(C(=O)N4CCN(c5ccccn5)CC4)CC3)[nH]c2c1. The number of hydrogen-bond acceptors (Lipinski definition) is 5. The van der Waals surface area contributed by atoms with Gasteiger partial charge in [-0.2, -0.15) is 0 Å². The third-order valence-electron chi connectivity index (χ3n) is 6.56. The maximum Gasteiger partial charge on any atom is 0.225 e. The Balaban J connectivity index is 1.11. The van der Waals surface area contributed by atoms with Gasteiger partial charge in [-0.1, -0.05) is 12.1 Å². The van der Waals surface area contributed by atoms with Crippen LogP contribution in [0.4, 0.5) is 5.82 Å². The van der Waals surface area contributed by atoms with Crippen LogP contribution in [0.5, 0.6) is 0 Å². The van der Waals surface area contributed by atoms with E-state index in [4.69, 9.17) is 4.98 Å². The fourth-order valence-electron chi connectivity index (χ4n) is 4.76. The molecule has 0 spiro atoms. The van der Waals surface area contributed by atoms with Gasteiger partial charge in [0.1, 0.15) is 11.6 Å². The van der Waals surface area contributed by atoms with E-state index in [1.807, 2.05) is 24.4 Å². The van der Waals surface area contributed by atoms with Gasteiger partial charge in [-0.25, -0.2) is 9.97 Å². The van der Waals surface area contributed by atoms with Crippen LogP contribution >= 0.6 is 0 Å². The number of aromatic nitrogens is 3. The molecule has 1 aromatic carbocycles. The minimum Gasteiger partial charge on any atom is -0.353 e. The van der Waals surface area contributed by atoms with Crippen molar-refractivity contribution < 1.29 is 4.79 Å². The first-order chi connectivity index (χ1) is 15.2. The number of pyridine rings is 1. The Labute approximate surface area is 183 Å². The number of piperazine rings is 1. The number of H-pyrrole nitrogens is 1. The average molecular weight is 419 g/mol. The summed E-state index contributed by atoms with van der Waals surface area (Å²) in [6.45, 7) is 8.08. The van der Waals surface area contributed by atoms with Crippen LogP contribution in [0.3, 0.4) is 0 Å². The average Bonchev–Trinajstić information content (AvgIpc) is 3.21. The topological polar surface area (TPSA) is 68.4 Å². The van der Waals surface area contributed by atoms with E-state index >= 15 is 0 Å². The van der Waals surface area contributed by atoms with Crippen molar-refractivity contribution in [2.75, 3.05) is 44.2 Å². The molecule has 2 aliphatic heterocycles. The van der Waals surface area contributed by atoms with E-state index < -0.39 is 0 Å². The molecule has 4 heterocycles. The highest BCUT2D eigenvalue weighted by Gasteiger charge is 2.30. The van der Waals surface area contributed by atoms with Gasteiger partial charge in [-0.3, -0.25) is 9.69 Å². The Morgan fingerprint density at radius 1 is 1.06 bits per heavy atom. The molecule has 3 aromatic rings. The Morgan fingerprint density at radius 3 is 2.61 bits per heavy atom. The minimum absolute atomic E-state index is 0.149. The molecule has 2 aliphatic rings. The van der Waals surface area contributed by atoms with Gasteiger partial charge < -0.3 is 14.8 Å². The lowest BCUT2D eigenvalue weighted by Crippen LogP contribution is -2.51. The molecule has 2 aromatic heterocycles. The van der Waals surface area contributed by atoms with Crippen LogP contribution in [0.15, 0.2) is 42.6 Å². The van der Waals surface area contributed by atoms with Crippen LogP contribution in [0.25, 0.3) is 11.0 Å². The Hall–Kier alpha value is -2.93. The van der Waals surface area contributed by atoms with Crippen molar-refractivity contribution in [3.8, 4) is 0 Å². The van der Waals surface area contributed by atoms with Gasteiger partial charge in [0, 0.05) is 38.3 Å². The molecule has 1 N–H and O–H groups in total. The number of anilines is 1. The van der Waals surface area contributed by atoms with Crippen molar-refractivity contribution in [2.24, 2.45) is 5.92 Å². The number of carbonyl (C=O) groups excluding carboxylic acids is 1. The molecule has 0 unspecified atom stereocenters. The van der Waals surface area contributed by atoms with E-state index in [-0.39, 0.29) is 5.92 Å². The number of amides is 1. The Morgan fingerprint density at radius 2 is 1.87 bits per heavy atom. The zero-order valence-electron chi connectivity index (χ0n) is 18.1. The third kappa shape index (κ3) is 4.42. The lowest BCUT2D eigenvalue weighted by Gasteiger charge is -2.38. The smallest absolute Gasteiger partial charge is 0.225 e. The van der Waals surface area contributed by atoms with E-state index in [0.717, 1.165) is 81.3 Å². The fraction of sp³-hybridized carbons (Fsp3) is 0.458. The summed E-state index contributed by atoms with van der Waals surface area (Å²) in [4.78, 5) is 32.4. The fourth-order valence-corrected chi connectivity index (χ4v) is 4.76. The largest absolute Gasteiger partial charge is 0.353 e. The van der Waals surface area contributed by atoms with E-state index in [9.17, 15) is 4.79 Å². The van der Waals surface area contributed by atoms with Crippen LogP contribution < -0.4 is 4.90 Å². The van der Waals surface area contributed by atoms with Crippen LogP contribution in [0.2, 0.25) is 0 Å². The van der Waals surface area contributed by atoms with E-state index in [0.29, 0.717) is 5.91 Å². The number of piperidine rings is 1. The number of nitrogens with zero attached hydrogens (tertiary/aromatic N) is 5. The van der Waals surface area contributed by atoms with Gasteiger partial charge in [0.15, 0.2) is 0 Å². The van der Waals surface area contributed by atoms with Gasteiger partial charge in [-0.15, -0.1) is 0 Å². The number of nitrogens with one attached hydrogen (secondary N) is 1. The van der Waals surface area contributed by atoms with Crippen molar-refractivity contribution in [3.05, 3.63) is 54.0 Å². The van der Waals surface area contributed by atoms with Crippen LogP contribution in [-0.2, 0) is 11.3 Å². The van der Waals surface area contributed by atoms with E-state index in [2.05, 4.69) is 49.8 Å². The highest BCUT2D eigenvalue weighted by atomic mass is 16.2. The summed E-state index contributed by atoms with van der Waals surface area (Å²) in [5, 5.41) is 0. The molecule has 0 bridgehead atoms. The lowest BCUT2D eigenvalue weighted by molar-refractivity contribution is -0.137. The molecule has 7 nitrogen and oxygen atoms in total. The van der Waals surface area contributed by atoms with Crippen LogP contribution in [0, 0.1) is 12.8 Å². The van der Waals surface area contributed by atoms with Crippen LogP contribution in [0.1, 0.15) is 24.2 Å². The zero-order chi connectivity index (χ0) is 21.2. The molecule has 0 radical (unpaired) electrons. The second-order valence-corrected chi connectivity index (χ2v) is 8.75. The Kier molecular flexibility index (Phi) is 5.59. The number of hydrogen-bond donors (Lipinski definition) is 1. The normalized spacial score (nSPS) is 18.6. The molecule has 2 saturated heterocycles. The summed E-state index contributed by atoms with van der Waals surface area (Å²) in [7, 11) is 0. The quantitative estimate of drug-likeness (QED) is 0.706. The van der Waals surface area contributed by atoms with Crippen molar-refractivity contribution in [3.63, 3.8) is 0 Å². The Bertz CT molecular complexity index is 1030. The minimum atomic E-state index is 0.149. The number of rotatable bonds is 4. The highest BCUT2D eigenvalue weighted by molar-refractivity contribution is 5.79. The second-order valence-electron chi connectivity index (χ2n) is 8.75. The number of fused-ring (bicyclic) bond motifs is 1. The third-order valence-corrected chi connectivity index (χ3v) is 6.56. The number of benzene rings is 1. The van der Waals surface area contributed by atoms with Gasteiger partial charge in [0.25, 0.3) is 0 Å². The molecule has 7 heteroatoms. The summed E-state index contributed by atoms with van der Waals surface area (Å²) in [5.74, 6) is 2.50. The molecule has 0 atom stereocenters. The molecular formula is C24H30N6O. The number of imidazole rings is 1. The molecular weight excluding hydrogens is 388 g/mol. The lowest BCUT2D eigenvalue weighted by atomic mass is 9.95. The van der Waals surface area contributed by atoms with Gasteiger partial charge in [0.05, 0.1) is 17.6 Å². The summed E-state index contributed by atoms with van der Waals surface area (Å²) >= 11 is 0. The molecule has 0 aliphatic carbocycles. The second kappa shape index (κ2) is 8.67. The van der Waals surface area contributed by atoms with Gasteiger partial charge in [0.2, 0.25) is 5.91 Å². The molecule has 2 fully saturated rings. The van der Waals surface area contributed by atoms with E-state index in [1.165, 1.54) is 5.56 Å². The number of carbonyl (C=O) groups is 1. The maximum atomic E-state index is 13.1. The van der Waals surface area contributed by atoms with E-state index in [1.54, 1.807) is 0 Å². The molecule has 31 heavy (non-hydrogen) atoms. The van der Waals surface area contributed by atoms with Crippen molar-refractivity contribution in [2.45, 2.75) is 26.3 Å². The van der Waals surface area contributed by atoms with Gasteiger partial charge >= 0.3 is 0 Å². The predicted octanol–water partition coefficient (Wildman–Crippen LogP) is 2.83. The van der Waals surface area contributed by atoms with Crippen LogP contribution in [-0.4, -0.2) is 69.9 Å². The zero-order valence-corrected chi connectivity index (χ0v) is 18.1. The summed E-state index contributed by atoms with van der Waals surface area (Å²) in [5.41, 5.74) is 3.36. The predicted molar refractivity (Wildman–Crippen MR) is 122 cm³/mol. The molecule has 0 saturated carbocycles. The van der Waals surface area contributed by atoms with Crippen molar-refractivity contribution in [1.29, 1.82) is 0 Å². The number of likely N-dealkylation sites (tertiary alicyclic amines) is 1. The monoisotopic (exact) mass is 418 g/mol. The first kappa shape index (κ1) is 20.0. The number of aryl methyl sites for hydroxylation is 1. The first-order valence-corrected chi connectivity index (χ1v) is 11.3. The van der Waals surface area contributed by atoms with Crippen molar-refractivity contribution >= 4 is 22.8 Å². The van der Waals surface area contributed by atoms with Gasteiger partial charge in [-0.05, 0) is 62.7 Å².